The summed E-state index contributed by atoms with van der Waals surface area (Å²) in [5.74, 6) is -0.577. The number of hydrogen-bond donors (Lipinski definition) is 1. The van der Waals surface area contributed by atoms with Crippen LogP contribution in [0.3, 0.4) is 0 Å². The van der Waals surface area contributed by atoms with E-state index in [1.54, 1.807) is 18.2 Å². The van der Waals surface area contributed by atoms with Crippen LogP contribution in [-0.4, -0.2) is 47.9 Å². The summed E-state index contributed by atoms with van der Waals surface area (Å²) in [5.41, 5.74) is 1.25. The summed E-state index contributed by atoms with van der Waals surface area (Å²) in [5, 5.41) is 15.0. The average molecular weight is 588 g/mol. The van der Waals surface area contributed by atoms with E-state index >= 15 is 0 Å². The summed E-state index contributed by atoms with van der Waals surface area (Å²) in [4.78, 5) is 39.3. The second-order valence-corrected chi connectivity index (χ2v) is 9.83. The molecule has 9 nitrogen and oxygen atoms in total. The number of carbonyl (C=O) groups excluding carboxylic acids is 2. The number of amides is 2. The Kier molecular flexibility index (Phi) is 11.6. The van der Waals surface area contributed by atoms with Crippen molar-refractivity contribution in [2.24, 2.45) is 0 Å². The fourth-order valence-corrected chi connectivity index (χ4v) is 4.49. The average Bonchev–Trinajstić information content (AvgIpc) is 2.95. The zero-order chi connectivity index (χ0) is 29.1. The summed E-state index contributed by atoms with van der Waals surface area (Å²) in [6, 6.07) is 17.4. The maximum absolute atomic E-state index is 13.7. The first-order valence-electron chi connectivity index (χ1n) is 12.7. The largest absolute Gasteiger partial charge is 0.490 e. The van der Waals surface area contributed by atoms with E-state index in [2.05, 4.69) is 5.32 Å². The van der Waals surface area contributed by atoms with Crippen LogP contribution in [0.2, 0.25) is 10.0 Å². The van der Waals surface area contributed by atoms with Gasteiger partial charge in [0.1, 0.15) is 11.8 Å². The number of halogens is 2. The van der Waals surface area contributed by atoms with Crippen LogP contribution < -0.4 is 14.8 Å². The van der Waals surface area contributed by atoms with Crippen molar-refractivity contribution in [1.82, 2.24) is 10.2 Å². The molecule has 0 aliphatic heterocycles. The molecule has 0 saturated carbocycles. The van der Waals surface area contributed by atoms with Crippen LogP contribution in [0.25, 0.3) is 0 Å². The van der Waals surface area contributed by atoms with E-state index in [1.165, 1.54) is 30.2 Å². The topological polar surface area (TPSA) is 111 Å². The van der Waals surface area contributed by atoms with Crippen molar-refractivity contribution >= 4 is 40.7 Å². The molecular weight excluding hydrogens is 557 g/mol. The van der Waals surface area contributed by atoms with Gasteiger partial charge in [0.2, 0.25) is 11.7 Å². The Morgan fingerprint density at radius 2 is 1.82 bits per heavy atom. The molecule has 0 fully saturated rings. The molecule has 0 spiro atoms. The Bertz CT molecular complexity index is 1320. The van der Waals surface area contributed by atoms with Crippen LogP contribution in [0.5, 0.6) is 11.5 Å². The second kappa shape index (κ2) is 15.1. The van der Waals surface area contributed by atoms with Crippen molar-refractivity contribution < 1.29 is 24.0 Å². The monoisotopic (exact) mass is 587 g/mol. The number of nitro benzene ring substituents is 1. The number of unbranched alkanes of at least 4 members (excludes halogenated alkanes) is 1. The van der Waals surface area contributed by atoms with E-state index in [0.29, 0.717) is 22.2 Å². The number of rotatable bonds is 14. The molecule has 0 radical (unpaired) electrons. The van der Waals surface area contributed by atoms with Crippen LogP contribution >= 0.6 is 23.2 Å². The predicted octanol–water partition coefficient (Wildman–Crippen LogP) is 5.85. The van der Waals surface area contributed by atoms with Crippen LogP contribution in [-0.2, 0) is 22.6 Å². The molecule has 0 bridgehead atoms. The quantitative estimate of drug-likeness (QED) is 0.144. The van der Waals surface area contributed by atoms with Gasteiger partial charge in [0.25, 0.3) is 5.91 Å². The van der Waals surface area contributed by atoms with Crippen molar-refractivity contribution in [1.29, 1.82) is 0 Å². The van der Waals surface area contributed by atoms with Gasteiger partial charge in [0.05, 0.1) is 12.0 Å². The molecule has 3 aromatic carbocycles. The smallest absolute Gasteiger partial charge is 0.311 e. The first kappa shape index (κ1) is 30.7. The number of carbonyl (C=O) groups is 2. The zero-order valence-electron chi connectivity index (χ0n) is 22.3. The number of hydrogen-bond acceptors (Lipinski definition) is 6. The summed E-state index contributed by atoms with van der Waals surface area (Å²) in [7, 11) is 1.31. The van der Waals surface area contributed by atoms with Gasteiger partial charge in [-0.25, -0.2) is 0 Å². The van der Waals surface area contributed by atoms with Gasteiger partial charge in [-0.2, -0.15) is 0 Å². The Morgan fingerprint density at radius 3 is 2.48 bits per heavy atom. The van der Waals surface area contributed by atoms with E-state index in [-0.39, 0.29) is 36.1 Å². The lowest BCUT2D eigenvalue weighted by Crippen LogP contribution is -2.51. The van der Waals surface area contributed by atoms with Crippen LogP contribution in [0.15, 0.2) is 66.7 Å². The summed E-state index contributed by atoms with van der Waals surface area (Å²) in [6.07, 6.45) is 1.96. The maximum atomic E-state index is 13.7. The minimum atomic E-state index is -0.867. The molecule has 1 atom stereocenters. The molecule has 1 N–H and O–H groups in total. The lowest BCUT2D eigenvalue weighted by atomic mass is 10.0. The number of nitrogens with zero attached hydrogens (tertiary/aromatic N) is 2. The fourth-order valence-electron chi connectivity index (χ4n) is 4.02. The number of ether oxygens (including phenoxy) is 2. The Morgan fingerprint density at radius 1 is 1.07 bits per heavy atom. The van der Waals surface area contributed by atoms with Crippen LogP contribution in [0.1, 0.15) is 30.9 Å². The Labute approximate surface area is 243 Å². The van der Waals surface area contributed by atoms with Crippen molar-refractivity contribution in [3.63, 3.8) is 0 Å². The SMILES string of the molecule is CCCCNC(=O)[C@H](Cc1ccccc1)N(Cc1ccc(Cl)cc1Cl)C(=O)COc1ccc([N+](=O)[O-])c(OC)c1. The minimum absolute atomic E-state index is 0.00277. The summed E-state index contributed by atoms with van der Waals surface area (Å²) in [6.45, 7) is 2.10. The van der Waals surface area contributed by atoms with Gasteiger partial charge in [0.15, 0.2) is 6.61 Å². The van der Waals surface area contributed by atoms with Gasteiger partial charge < -0.3 is 19.7 Å². The van der Waals surface area contributed by atoms with Gasteiger partial charge in [-0.15, -0.1) is 0 Å². The summed E-state index contributed by atoms with van der Waals surface area (Å²) >= 11 is 12.5. The fraction of sp³-hybridized carbons (Fsp3) is 0.310. The van der Waals surface area contributed by atoms with Gasteiger partial charge in [-0.1, -0.05) is 72.9 Å². The third-order valence-electron chi connectivity index (χ3n) is 6.17. The lowest BCUT2D eigenvalue weighted by Gasteiger charge is -2.31. The molecular formula is C29H31Cl2N3O6. The van der Waals surface area contributed by atoms with E-state index in [4.69, 9.17) is 32.7 Å². The number of nitrogens with one attached hydrogen (secondary N) is 1. The van der Waals surface area contributed by atoms with Gasteiger partial charge >= 0.3 is 5.69 Å². The molecule has 0 unspecified atom stereocenters. The van der Waals surface area contributed by atoms with Crippen LogP contribution in [0.4, 0.5) is 5.69 Å². The molecule has 40 heavy (non-hydrogen) atoms. The lowest BCUT2D eigenvalue weighted by molar-refractivity contribution is -0.385. The third kappa shape index (κ3) is 8.59. The first-order chi connectivity index (χ1) is 19.2. The number of nitro groups is 1. The Balaban J connectivity index is 1.93. The van der Waals surface area contributed by atoms with E-state index < -0.39 is 23.5 Å². The molecule has 0 aromatic heterocycles. The third-order valence-corrected chi connectivity index (χ3v) is 6.75. The van der Waals surface area contributed by atoms with Crippen molar-refractivity contribution in [3.05, 3.63) is 98.0 Å². The Hall–Kier alpha value is -3.82. The maximum Gasteiger partial charge on any atom is 0.311 e. The molecule has 212 valence electrons. The standard InChI is InChI=1S/C29H31Cl2N3O6/c1-3-4-14-32-29(36)26(15-20-8-6-5-7-9-20)33(18-21-10-11-22(30)16-24(21)31)28(35)19-40-23-12-13-25(34(37)38)27(17-23)39-2/h5-13,16-17,26H,3-4,14-15,18-19H2,1-2H3,(H,32,36)/t26-/m0/s1. The highest BCUT2D eigenvalue weighted by Gasteiger charge is 2.31. The van der Waals surface area contributed by atoms with E-state index in [9.17, 15) is 19.7 Å². The highest BCUT2D eigenvalue weighted by molar-refractivity contribution is 6.35. The second-order valence-electron chi connectivity index (χ2n) is 8.99. The van der Waals surface area contributed by atoms with Gasteiger partial charge in [-0.3, -0.25) is 19.7 Å². The van der Waals surface area contributed by atoms with E-state index in [1.807, 2.05) is 37.3 Å². The van der Waals surface area contributed by atoms with E-state index in [0.717, 1.165) is 18.4 Å². The predicted molar refractivity (Wildman–Crippen MR) is 154 cm³/mol. The molecule has 11 heteroatoms. The van der Waals surface area contributed by atoms with Gasteiger partial charge in [-0.05, 0) is 35.7 Å². The highest BCUT2D eigenvalue weighted by Crippen LogP contribution is 2.31. The normalized spacial score (nSPS) is 11.4. The molecule has 0 heterocycles. The molecule has 0 saturated heterocycles. The summed E-state index contributed by atoms with van der Waals surface area (Å²) < 4.78 is 10.8. The van der Waals surface area contributed by atoms with Crippen LogP contribution in [0, 0.1) is 10.1 Å². The minimum Gasteiger partial charge on any atom is -0.490 e. The molecule has 2 amide bonds. The first-order valence-corrected chi connectivity index (χ1v) is 13.5. The molecule has 0 aliphatic rings. The molecule has 3 aromatic rings. The van der Waals surface area contributed by atoms with Crippen molar-refractivity contribution in [2.45, 2.75) is 38.8 Å². The van der Waals surface area contributed by atoms with Gasteiger partial charge in [0, 0.05) is 41.7 Å². The number of benzene rings is 3. The zero-order valence-corrected chi connectivity index (χ0v) is 23.8. The molecule has 0 aliphatic carbocycles. The highest BCUT2D eigenvalue weighted by atomic mass is 35.5. The molecule has 3 rings (SSSR count). The van der Waals surface area contributed by atoms with Crippen molar-refractivity contribution in [2.75, 3.05) is 20.3 Å². The van der Waals surface area contributed by atoms with Crippen molar-refractivity contribution in [3.8, 4) is 11.5 Å². The number of methoxy groups -OCH3 is 1.